The average Bonchev–Trinajstić information content (AvgIpc) is 2.46. The topological polar surface area (TPSA) is 26.3 Å². The van der Waals surface area contributed by atoms with Crippen LogP contribution in [0.15, 0.2) is 42.5 Å². The maximum absolute atomic E-state index is 10.7. The highest BCUT2D eigenvalue weighted by molar-refractivity contribution is 5.69. The molecule has 0 N–H and O–H groups in total. The Morgan fingerprint density at radius 3 is 2.27 bits per heavy atom. The van der Waals surface area contributed by atoms with E-state index >= 15 is 0 Å². The van der Waals surface area contributed by atoms with Crippen LogP contribution in [0, 0.1) is 0 Å². The molecule has 0 aromatic carbocycles. The van der Waals surface area contributed by atoms with Gasteiger partial charge >= 0.3 is 5.97 Å². The maximum atomic E-state index is 10.7. The van der Waals surface area contributed by atoms with E-state index < -0.39 is 0 Å². The second-order valence-electron chi connectivity index (χ2n) is 3.47. The van der Waals surface area contributed by atoms with Gasteiger partial charge in [0.05, 0.1) is 0 Å². The third-order valence-electron chi connectivity index (χ3n) is 2.23. The minimum atomic E-state index is -0.245. The predicted octanol–water partition coefficient (Wildman–Crippen LogP) is 2.85. The molecule has 2 heteroatoms. The highest BCUT2D eigenvalue weighted by Crippen LogP contribution is 2.24. The van der Waals surface area contributed by atoms with Crippen molar-refractivity contribution in [1.82, 2.24) is 0 Å². The van der Waals surface area contributed by atoms with Crippen molar-refractivity contribution in [1.29, 1.82) is 0 Å². The van der Waals surface area contributed by atoms with Crippen LogP contribution in [-0.2, 0) is 16.1 Å². The van der Waals surface area contributed by atoms with Crippen LogP contribution in [0.25, 0.3) is 11.1 Å². The second-order valence-corrected chi connectivity index (χ2v) is 3.47. The number of rotatable bonds is 2. The largest absolute Gasteiger partial charge is 0.461 e. The SMILES string of the molecule is CC(=O)OCc1cc2cccccc-2c1. The Bertz CT molecular complexity index is 418. The molecule has 0 aromatic rings. The van der Waals surface area contributed by atoms with E-state index in [2.05, 4.69) is 0 Å². The van der Waals surface area contributed by atoms with E-state index in [0.717, 1.165) is 5.56 Å². The zero-order valence-corrected chi connectivity index (χ0v) is 8.57. The van der Waals surface area contributed by atoms with Crippen LogP contribution in [-0.4, -0.2) is 5.97 Å². The highest BCUT2D eigenvalue weighted by atomic mass is 16.5. The Kier molecular flexibility index (Phi) is 2.68. The summed E-state index contributed by atoms with van der Waals surface area (Å²) < 4.78 is 4.94. The first-order valence-corrected chi connectivity index (χ1v) is 4.87. The van der Waals surface area contributed by atoms with Crippen molar-refractivity contribution < 1.29 is 9.53 Å². The lowest BCUT2D eigenvalue weighted by molar-refractivity contribution is -0.142. The van der Waals surface area contributed by atoms with Crippen LogP contribution in [0.4, 0.5) is 0 Å². The number of esters is 1. The molecule has 2 aliphatic rings. The number of fused-ring (bicyclic) bond motifs is 1. The zero-order valence-electron chi connectivity index (χ0n) is 8.57. The van der Waals surface area contributed by atoms with E-state index in [1.807, 2.05) is 42.5 Å². The van der Waals surface area contributed by atoms with Crippen LogP contribution in [0.3, 0.4) is 0 Å². The first kappa shape index (κ1) is 9.71. The van der Waals surface area contributed by atoms with Gasteiger partial charge < -0.3 is 4.74 Å². The zero-order chi connectivity index (χ0) is 10.7. The van der Waals surface area contributed by atoms with E-state index in [9.17, 15) is 4.79 Å². The van der Waals surface area contributed by atoms with Gasteiger partial charge in [-0.3, -0.25) is 4.79 Å². The van der Waals surface area contributed by atoms with Gasteiger partial charge in [0.25, 0.3) is 0 Å². The predicted molar refractivity (Wildman–Crippen MR) is 58.5 cm³/mol. The maximum Gasteiger partial charge on any atom is 0.302 e. The molecule has 0 radical (unpaired) electrons. The first-order valence-electron chi connectivity index (χ1n) is 4.87. The summed E-state index contributed by atoms with van der Waals surface area (Å²) in [4.78, 5) is 10.7. The molecule has 0 spiro atoms. The number of carbonyl (C=O) groups is 1. The molecular weight excluding hydrogens is 188 g/mol. The lowest BCUT2D eigenvalue weighted by Gasteiger charge is -1.96. The summed E-state index contributed by atoms with van der Waals surface area (Å²) in [6.07, 6.45) is 0. The number of hydrogen-bond acceptors (Lipinski definition) is 2. The van der Waals surface area contributed by atoms with E-state index in [0.29, 0.717) is 6.61 Å². The Morgan fingerprint density at radius 1 is 1.13 bits per heavy atom. The molecule has 0 aliphatic heterocycles. The van der Waals surface area contributed by atoms with Crippen molar-refractivity contribution in [2.75, 3.05) is 0 Å². The summed E-state index contributed by atoms with van der Waals surface area (Å²) >= 11 is 0. The van der Waals surface area contributed by atoms with Crippen molar-refractivity contribution in [3.63, 3.8) is 0 Å². The smallest absolute Gasteiger partial charge is 0.302 e. The van der Waals surface area contributed by atoms with Gasteiger partial charge in [0.15, 0.2) is 0 Å². The van der Waals surface area contributed by atoms with Crippen molar-refractivity contribution in [3.8, 4) is 11.1 Å². The van der Waals surface area contributed by atoms with Gasteiger partial charge in [-0.15, -0.1) is 0 Å². The molecule has 0 bridgehead atoms. The Balaban J connectivity index is 2.24. The lowest BCUT2D eigenvalue weighted by Crippen LogP contribution is -1.97. The standard InChI is InChI=1S/C13H12O2/c1-10(14)15-9-11-7-12-5-3-2-4-6-13(12)8-11/h2-8H,9H2,1H3. The lowest BCUT2D eigenvalue weighted by atomic mass is 10.2. The molecule has 76 valence electrons. The van der Waals surface area contributed by atoms with Gasteiger partial charge in [0, 0.05) is 6.92 Å². The minimum Gasteiger partial charge on any atom is -0.461 e. The summed E-state index contributed by atoms with van der Waals surface area (Å²) in [7, 11) is 0. The molecule has 2 nitrogen and oxygen atoms in total. The number of ether oxygens (including phenoxy) is 1. The average molecular weight is 200 g/mol. The number of hydrogen-bond donors (Lipinski definition) is 0. The summed E-state index contributed by atoms with van der Waals surface area (Å²) in [5.74, 6) is -0.245. The van der Waals surface area contributed by atoms with Gasteiger partial charge in [0.1, 0.15) is 6.61 Å². The Labute approximate surface area is 88.8 Å². The Hall–Kier alpha value is -1.83. The first-order chi connectivity index (χ1) is 7.25. The summed E-state index contributed by atoms with van der Waals surface area (Å²) in [6.45, 7) is 1.77. The van der Waals surface area contributed by atoms with Gasteiger partial charge in [-0.05, 0) is 28.8 Å². The van der Waals surface area contributed by atoms with Crippen LogP contribution in [0.5, 0.6) is 0 Å². The monoisotopic (exact) mass is 200 g/mol. The summed E-state index contributed by atoms with van der Waals surface area (Å²) in [5.41, 5.74) is 3.37. The molecule has 0 atom stereocenters. The molecule has 15 heavy (non-hydrogen) atoms. The second kappa shape index (κ2) is 4.13. The molecule has 0 amide bonds. The molecule has 0 saturated carbocycles. The fraction of sp³-hybridized carbons (Fsp3) is 0.154. The molecule has 0 fully saturated rings. The van der Waals surface area contributed by atoms with Crippen molar-refractivity contribution in [2.45, 2.75) is 13.5 Å². The third-order valence-corrected chi connectivity index (χ3v) is 2.23. The van der Waals surface area contributed by atoms with Crippen LogP contribution >= 0.6 is 0 Å². The fourth-order valence-corrected chi connectivity index (χ4v) is 1.55. The third kappa shape index (κ3) is 2.34. The number of carbonyl (C=O) groups excluding carboxylic acids is 1. The molecule has 2 aliphatic carbocycles. The fourth-order valence-electron chi connectivity index (χ4n) is 1.55. The summed E-state index contributed by atoms with van der Waals surface area (Å²) in [6, 6.07) is 14.2. The normalized spacial score (nSPS) is 10.2. The van der Waals surface area contributed by atoms with E-state index in [1.165, 1.54) is 18.1 Å². The minimum absolute atomic E-state index is 0.245. The molecular formula is C13H12O2. The summed E-state index contributed by atoms with van der Waals surface area (Å²) in [5, 5.41) is 0. The molecule has 0 heterocycles. The molecule has 0 saturated heterocycles. The highest BCUT2D eigenvalue weighted by Gasteiger charge is 2.05. The van der Waals surface area contributed by atoms with Crippen molar-refractivity contribution in [3.05, 3.63) is 48.0 Å². The van der Waals surface area contributed by atoms with Crippen LogP contribution in [0.2, 0.25) is 0 Å². The molecule has 0 unspecified atom stereocenters. The Morgan fingerprint density at radius 2 is 1.73 bits per heavy atom. The van der Waals surface area contributed by atoms with Crippen molar-refractivity contribution >= 4 is 5.97 Å². The van der Waals surface area contributed by atoms with Crippen molar-refractivity contribution in [2.24, 2.45) is 0 Å². The van der Waals surface area contributed by atoms with Crippen LogP contribution in [0.1, 0.15) is 12.5 Å². The van der Waals surface area contributed by atoms with Gasteiger partial charge in [-0.1, -0.05) is 30.3 Å². The molecule has 0 aromatic heterocycles. The van der Waals surface area contributed by atoms with E-state index in [1.54, 1.807) is 0 Å². The molecule has 2 rings (SSSR count). The van der Waals surface area contributed by atoms with E-state index in [-0.39, 0.29) is 5.97 Å². The quantitative estimate of drug-likeness (QED) is 0.697. The van der Waals surface area contributed by atoms with Crippen LogP contribution < -0.4 is 0 Å². The van der Waals surface area contributed by atoms with Gasteiger partial charge in [-0.25, -0.2) is 0 Å². The van der Waals surface area contributed by atoms with Gasteiger partial charge in [-0.2, -0.15) is 0 Å². The van der Waals surface area contributed by atoms with Gasteiger partial charge in [0.2, 0.25) is 0 Å². The van der Waals surface area contributed by atoms with E-state index in [4.69, 9.17) is 4.74 Å².